The number of rotatable bonds is 5. The van der Waals surface area contributed by atoms with Gasteiger partial charge in [0.05, 0.1) is 26.4 Å². The van der Waals surface area contributed by atoms with Gasteiger partial charge in [-0.05, 0) is 33.0 Å². The molecule has 1 aliphatic rings. The van der Waals surface area contributed by atoms with Gasteiger partial charge in [0, 0.05) is 29.9 Å². The average molecular weight is 294 g/mol. The van der Waals surface area contributed by atoms with Crippen molar-refractivity contribution in [1.82, 2.24) is 5.32 Å². The van der Waals surface area contributed by atoms with Crippen LogP contribution in [0.1, 0.15) is 25.5 Å². The summed E-state index contributed by atoms with van der Waals surface area (Å²) in [4.78, 5) is 2.30. The topological polar surface area (TPSA) is 54.0 Å². The van der Waals surface area contributed by atoms with E-state index in [2.05, 4.69) is 30.1 Å². The zero-order valence-corrected chi connectivity index (χ0v) is 13.3. The molecule has 1 aliphatic heterocycles. The van der Waals surface area contributed by atoms with Gasteiger partial charge in [-0.25, -0.2) is 0 Å². The van der Waals surface area contributed by atoms with Crippen molar-refractivity contribution in [2.45, 2.75) is 32.0 Å². The van der Waals surface area contributed by atoms with E-state index in [1.165, 1.54) is 0 Å². The minimum Gasteiger partial charge on any atom is -0.496 e. The highest BCUT2D eigenvalue weighted by atomic mass is 16.5. The summed E-state index contributed by atoms with van der Waals surface area (Å²) in [6.45, 7) is 5.62. The van der Waals surface area contributed by atoms with Crippen LogP contribution in [0.2, 0.25) is 0 Å². The molecule has 0 bridgehead atoms. The monoisotopic (exact) mass is 294 g/mol. The maximum Gasteiger partial charge on any atom is 0.125 e. The molecule has 3 unspecified atom stereocenters. The first-order valence-corrected chi connectivity index (χ1v) is 7.45. The van der Waals surface area contributed by atoms with E-state index < -0.39 is 0 Å². The number of benzene rings is 1. The second-order valence-corrected chi connectivity index (χ2v) is 5.54. The zero-order chi connectivity index (χ0) is 15.4. The minimum absolute atomic E-state index is 0.0457. The third-order valence-electron chi connectivity index (χ3n) is 4.15. The molecule has 21 heavy (non-hydrogen) atoms. The van der Waals surface area contributed by atoms with Crippen molar-refractivity contribution in [2.24, 2.45) is 0 Å². The van der Waals surface area contributed by atoms with E-state index in [0.29, 0.717) is 13.2 Å². The van der Waals surface area contributed by atoms with Gasteiger partial charge in [-0.1, -0.05) is 6.07 Å². The molecule has 1 heterocycles. The Morgan fingerprint density at radius 1 is 1.52 bits per heavy atom. The second kappa shape index (κ2) is 7.11. The molecule has 0 aliphatic carbocycles. The Bertz CT molecular complexity index is 467. The van der Waals surface area contributed by atoms with Gasteiger partial charge < -0.3 is 24.8 Å². The van der Waals surface area contributed by atoms with E-state index in [1.54, 1.807) is 7.11 Å². The van der Waals surface area contributed by atoms with E-state index in [1.807, 2.05) is 19.2 Å². The van der Waals surface area contributed by atoms with Crippen LogP contribution in [0.3, 0.4) is 0 Å². The first-order valence-electron chi connectivity index (χ1n) is 7.45. The Labute approximate surface area is 126 Å². The summed E-state index contributed by atoms with van der Waals surface area (Å²) in [6, 6.07) is 6.56. The van der Waals surface area contributed by atoms with Crippen molar-refractivity contribution in [1.29, 1.82) is 0 Å². The van der Waals surface area contributed by atoms with Crippen molar-refractivity contribution in [3.05, 3.63) is 23.8 Å². The predicted octanol–water partition coefficient (Wildman–Crippen LogP) is 1.56. The zero-order valence-electron chi connectivity index (χ0n) is 13.3. The fraction of sp³-hybridized carbons (Fsp3) is 0.625. The molecule has 1 fully saturated rings. The molecule has 0 aromatic heterocycles. The Balaban J connectivity index is 2.41. The molecule has 2 N–H and O–H groups in total. The summed E-state index contributed by atoms with van der Waals surface area (Å²) in [5.41, 5.74) is 2.29. The van der Waals surface area contributed by atoms with Gasteiger partial charge in [0.15, 0.2) is 0 Å². The van der Waals surface area contributed by atoms with Gasteiger partial charge in [-0.3, -0.25) is 0 Å². The number of ether oxygens (including phenoxy) is 2. The van der Waals surface area contributed by atoms with Gasteiger partial charge in [-0.2, -0.15) is 0 Å². The maximum atomic E-state index is 9.38. The predicted molar refractivity (Wildman–Crippen MR) is 84.1 cm³/mol. The lowest BCUT2D eigenvalue weighted by atomic mass is 10.0. The fourth-order valence-electron chi connectivity index (χ4n) is 2.80. The minimum atomic E-state index is -0.134. The smallest absolute Gasteiger partial charge is 0.125 e. The van der Waals surface area contributed by atoms with E-state index in [-0.39, 0.29) is 24.8 Å². The highest BCUT2D eigenvalue weighted by molar-refractivity contribution is 5.61. The SMILES string of the molecule is CNC(C)c1c(OC)cccc1N1CC(CO)OCC1C. The standard InChI is InChI=1S/C16H26N2O3/c1-11-10-21-13(9-19)8-18(11)14-6-5-7-15(20-4)16(14)12(2)17-3/h5-7,11-13,17,19H,8-10H2,1-4H3. The largest absolute Gasteiger partial charge is 0.496 e. The van der Waals surface area contributed by atoms with Crippen LogP contribution in [0, 0.1) is 0 Å². The van der Waals surface area contributed by atoms with Gasteiger partial charge in [0.1, 0.15) is 5.75 Å². The Morgan fingerprint density at radius 3 is 2.90 bits per heavy atom. The van der Waals surface area contributed by atoms with Crippen LogP contribution in [-0.2, 0) is 4.74 Å². The second-order valence-electron chi connectivity index (χ2n) is 5.54. The van der Waals surface area contributed by atoms with Crippen LogP contribution in [0.4, 0.5) is 5.69 Å². The van der Waals surface area contributed by atoms with Crippen LogP contribution < -0.4 is 15.0 Å². The summed E-state index contributed by atoms with van der Waals surface area (Å²) in [7, 11) is 3.64. The third kappa shape index (κ3) is 3.31. The molecule has 5 nitrogen and oxygen atoms in total. The van der Waals surface area contributed by atoms with Crippen LogP contribution in [-0.4, -0.2) is 51.2 Å². The van der Waals surface area contributed by atoms with Gasteiger partial charge in [0.25, 0.3) is 0 Å². The van der Waals surface area contributed by atoms with Gasteiger partial charge in [0.2, 0.25) is 0 Å². The number of nitrogens with one attached hydrogen (secondary N) is 1. The van der Waals surface area contributed by atoms with Crippen LogP contribution in [0.25, 0.3) is 0 Å². The number of nitrogens with zero attached hydrogens (tertiary/aromatic N) is 1. The molecule has 118 valence electrons. The van der Waals surface area contributed by atoms with Crippen molar-refractivity contribution in [2.75, 3.05) is 38.8 Å². The summed E-state index contributed by atoms with van der Waals surface area (Å²) >= 11 is 0. The molecular weight excluding hydrogens is 268 g/mol. The normalized spacial score (nSPS) is 24.0. The molecular formula is C16H26N2O3. The van der Waals surface area contributed by atoms with E-state index >= 15 is 0 Å². The lowest BCUT2D eigenvalue weighted by Crippen LogP contribution is -2.50. The fourth-order valence-corrected chi connectivity index (χ4v) is 2.80. The first-order chi connectivity index (χ1) is 10.1. The molecule has 0 spiro atoms. The highest BCUT2D eigenvalue weighted by Crippen LogP contribution is 2.36. The number of aliphatic hydroxyl groups is 1. The number of methoxy groups -OCH3 is 1. The highest BCUT2D eigenvalue weighted by Gasteiger charge is 2.29. The van der Waals surface area contributed by atoms with Crippen LogP contribution >= 0.6 is 0 Å². The molecule has 2 rings (SSSR count). The van der Waals surface area contributed by atoms with Crippen molar-refractivity contribution in [3.8, 4) is 5.75 Å². The molecule has 0 radical (unpaired) electrons. The molecule has 5 heteroatoms. The lowest BCUT2D eigenvalue weighted by Gasteiger charge is -2.40. The maximum absolute atomic E-state index is 9.38. The van der Waals surface area contributed by atoms with Crippen LogP contribution in [0.5, 0.6) is 5.75 Å². The van der Waals surface area contributed by atoms with Crippen molar-refractivity contribution >= 4 is 5.69 Å². The van der Waals surface area contributed by atoms with E-state index in [4.69, 9.17) is 9.47 Å². The van der Waals surface area contributed by atoms with E-state index in [0.717, 1.165) is 17.0 Å². The molecule has 1 aromatic carbocycles. The molecule has 1 saturated heterocycles. The molecule has 0 amide bonds. The molecule has 0 saturated carbocycles. The number of hydrogen-bond donors (Lipinski definition) is 2. The first kappa shape index (κ1) is 16.1. The Morgan fingerprint density at radius 2 is 2.29 bits per heavy atom. The summed E-state index contributed by atoms with van der Waals surface area (Å²) in [6.07, 6.45) is -0.134. The van der Waals surface area contributed by atoms with E-state index in [9.17, 15) is 5.11 Å². The lowest BCUT2D eigenvalue weighted by molar-refractivity contribution is -0.0104. The molecule has 3 atom stereocenters. The third-order valence-corrected chi connectivity index (χ3v) is 4.15. The number of aliphatic hydroxyl groups excluding tert-OH is 1. The Kier molecular flexibility index (Phi) is 5.45. The quantitative estimate of drug-likeness (QED) is 0.863. The average Bonchev–Trinajstić information content (AvgIpc) is 2.53. The number of morpholine rings is 1. The number of anilines is 1. The summed E-state index contributed by atoms with van der Waals surface area (Å²) in [5, 5.41) is 12.7. The summed E-state index contributed by atoms with van der Waals surface area (Å²) in [5.74, 6) is 0.883. The Hall–Kier alpha value is -1.30. The molecule has 1 aromatic rings. The number of hydrogen-bond acceptors (Lipinski definition) is 5. The van der Waals surface area contributed by atoms with Crippen molar-refractivity contribution < 1.29 is 14.6 Å². The van der Waals surface area contributed by atoms with Crippen LogP contribution in [0.15, 0.2) is 18.2 Å². The summed E-state index contributed by atoms with van der Waals surface area (Å²) < 4.78 is 11.2. The van der Waals surface area contributed by atoms with Gasteiger partial charge >= 0.3 is 0 Å². The van der Waals surface area contributed by atoms with Gasteiger partial charge in [-0.15, -0.1) is 0 Å². The van der Waals surface area contributed by atoms with Crippen molar-refractivity contribution in [3.63, 3.8) is 0 Å².